The molecule has 0 saturated carbocycles. The maximum Gasteiger partial charge on any atom is 0.413 e. The number of para-hydroxylation sites is 1. The molecule has 0 bridgehead atoms. The molecule has 4 aromatic rings. The van der Waals surface area contributed by atoms with E-state index in [-0.39, 0.29) is 0 Å². The van der Waals surface area contributed by atoms with Crippen molar-refractivity contribution in [3.05, 3.63) is 107 Å². The third-order valence-corrected chi connectivity index (χ3v) is 8.80. The van der Waals surface area contributed by atoms with Crippen LogP contribution in [0.25, 0.3) is 5.70 Å². The van der Waals surface area contributed by atoms with Gasteiger partial charge in [0, 0.05) is 48.6 Å². The van der Waals surface area contributed by atoms with Crippen molar-refractivity contribution in [2.75, 3.05) is 43.4 Å². The Bertz CT molecular complexity index is 1760. The lowest BCUT2D eigenvalue weighted by molar-refractivity contribution is 0.0632. The molecular weight excluding hydrogens is 618 g/mol. The molecule has 1 unspecified atom stereocenters. The number of amides is 1. The van der Waals surface area contributed by atoms with Crippen LogP contribution in [0.3, 0.4) is 0 Å². The zero-order valence-electron chi connectivity index (χ0n) is 28.5. The number of aliphatic imine (C=N–C) groups is 1. The number of rotatable bonds is 12. The normalized spacial score (nSPS) is 16.5. The van der Waals surface area contributed by atoms with Gasteiger partial charge < -0.3 is 29.1 Å². The first-order valence-corrected chi connectivity index (χ1v) is 17.1. The molecule has 49 heavy (non-hydrogen) atoms. The molecule has 2 N–H and O–H groups in total. The van der Waals surface area contributed by atoms with Crippen molar-refractivity contribution < 1.29 is 18.8 Å². The van der Waals surface area contributed by atoms with Gasteiger partial charge in [-0.2, -0.15) is 4.98 Å². The molecule has 3 heterocycles. The largest absolute Gasteiger partial charge is 0.493 e. The Morgan fingerprint density at radius 1 is 0.939 bits per heavy atom. The number of aromatic nitrogens is 2. The summed E-state index contributed by atoms with van der Waals surface area (Å²) in [5.41, 5.74) is 5.31. The minimum atomic E-state index is -0.808. The highest BCUT2D eigenvalue weighted by atomic mass is 16.6. The summed E-state index contributed by atoms with van der Waals surface area (Å²) in [7, 11) is 0. The van der Waals surface area contributed by atoms with Gasteiger partial charge in [0.2, 0.25) is 18.1 Å². The van der Waals surface area contributed by atoms with Gasteiger partial charge in [0.1, 0.15) is 5.75 Å². The van der Waals surface area contributed by atoms with Crippen LogP contribution in [0.1, 0.15) is 54.1 Å². The van der Waals surface area contributed by atoms with E-state index in [0.29, 0.717) is 48.6 Å². The van der Waals surface area contributed by atoms with Gasteiger partial charge in [-0.15, -0.1) is 0 Å². The second kappa shape index (κ2) is 16.3. The molecule has 256 valence electrons. The average molecular weight is 664 g/mol. The zero-order valence-corrected chi connectivity index (χ0v) is 28.5. The van der Waals surface area contributed by atoms with Crippen molar-refractivity contribution in [1.29, 1.82) is 0 Å². The number of piperidine rings is 1. The van der Waals surface area contributed by atoms with Crippen molar-refractivity contribution in [3.63, 3.8) is 0 Å². The van der Waals surface area contributed by atoms with Crippen molar-refractivity contribution in [3.8, 4) is 5.75 Å². The fourth-order valence-corrected chi connectivity index (χ4v) is 6.06. The second-order valence-electron chi connectivity index (χ2n) is 12.5. The van der Waals surface area contributed by atoms with E-state index in [1.807, 2.05) is 77.7 Å². The first-order chi connectivity index (χ1) is 23.9. The van der Waals surface area contributed by atoms with Gasteiger partial charge in [-0.05, 0) is 88.5 Å². The first-order valence-electron chi connectivity index (χ1n) is 17.1. The van der Waals surface area contributed by atoms with E-state index in [4.69, 9.17) is 19.0 Å². The Labute approximate surface area is 288 Å². The fourth-order valence-electron chi connectivity index (χ4n) is 6.06. The van der Waals surface area contributed by atoms with Crippen LogP contribution >= 0.6 is 0 Å². The summed E-state index contributed by atoms with van der Waals surface area (Å²) < 4.78 is 17.7. The lowest BCUT2D eigenvalue weighted by Crippen LogP contribution is -2.48. The fraction of sp³-hybridized carbons (Fsp3) is 0.368. The molecule has 3 aromatic carbocycles. The number of ether oxygens (including phenoxy) is 2. The number of carbonyl (C=O) groups excluding carboxylic acids is 1. The number of carbonyl (C=O) groups is 1. The van der Waals surface area contributed by atoms with Gasteiger partial charge in [0.15, 0.2) is 5.82 Å². The minimum Gasteiger partial charge on any atom is -0.493 e. The molecule has 6 rings (SSSR count). The Morgan fingerprint density at radius 3 is 2.53 bits per heavy atom. The zero-order chi connectivity index (χ0) is 34.0. The first kappa shape index (κ1) is 33.7. The Balaban J connectivity index is 1.25. The van der Waals surface area contributed by atoms with Crippen LogP contribution in [-0.4, -0.2) is 71.0 Å². The average Bonchev–Trinajstić information content (AvgIpc) is 3.53. The quantitative estimate of drug-likeness (QED) is 0.152. The number of aryl methyl sites for hydroxylation is 2. The molecule has 1 fully saturated rings. The van der Waals surface area contributed by atoms with E-state index in [0.717, 1.165) is 41.1 Å². The minimum absolute atomic E-state index is 0.375. The molecule has 11 heteroatoms. The summed E-state index contributed by atoms with van der Waals surface area (Å²) in [5.74, 6) is 2.32. The van der Waals surface area contributed by atoms with Gasteiger partial charge in [-0.3, -0.25) is 5.32 Å². The third kappa shape index (κ3) is 9.26. The number of hydrogen-bond donors (Lipinski definition) is 2. The molecule has 1 saturated heterocycles. The summed E-state index contributed by atoms with van der Waals surface area (Å²) >= 11 is 0. The summed E-state index contributed by atoms with van der Waals surface area (Å²) in [5, 5.41) is 10.3. The molecule has 1 aromatic heterocycles. The van der Waals surface area contributed by atoms with Crippen LogP contribution in [0.15, 0.2) is 88.4 Å². The van der Waals surface area contributed by atoms with E-state index in [2.05, 4.69) is 45.6 Å². The molecule has 2 aliphatic heterocycles. The molecule has 11 nitrogen and oxygen atoms in total. The summed E-state index contributed by atoms with van der Waals surface area (Å²) in [6.07, 6.45) is 5.77. The van der Waals surface area contributed by atoms with Gasteiger partial charge in [0.05, 0.1) is 12.3 Å². The Kier molecular flexibility index (Phi) is 11.2. The smallest absolute Gasteiger partial charge is 0.413 e. The van der Waals surface area contributed by atoms with Gasteiger partial charge >= 0.3 is 6.09 Å². The Hall–Kier alpha value is -5.16. The summed E-state index contributed by atoms with van der Waals surface area (Å²) in [6.45, 7) is 10.4. The molecule has 1 atom stereocenters. The highest BCUT2D eigenvalue weighted by molar-refractivity contribution is 5.99. The topological polar surface area (TPSA) is 117 Å². The number of nitrogens with one attached hydrogen (secondary N) is 2. The molecule has 0 spiro atoms. The predicted octanol–water partition coefficient (Wildman–Crippen LogP) is 7.19. The van der Waals surface area contributed by atoms with Crippen molar-refractivity contribution in [2.24, 2.45) is 4.99 Å². The van der Waals surface area contributed by atoms with E-state index in [1.54, 1.807) is 6.92 Å². The third-order valence-electron chi connectivity index (χ3n) is 8.80. The molecule has 0 radical (unpaired) electrons. The Morgan fingerprint density at radius 2 is 1.73 bits per heavy atom. The number of likely N-dealkylation sites (tertiary alicyclic amines) is 1. The number of guanidine groups is 1. The maximum atomic E-state index is 13.3. The highest BCUT2D eigenvalue weighted by Gasteiger charge is 2.30. The van der Waals surface area contributed by atoms with Crippen molar-refractivity contribution in [1.82, 2.24) is 19.9 Å². The van der Waals surface area contributed by atoms with Gasteiger partial charge in [-0.25, -0.2) is 9.79 Å². The second-order valence-corrected chi connectivity index (χ2v) is 12.5. The summed E-state index contributed by atoms with van der Waals surface area (Å²) in [6, 6.07) is 23.2. The standard InChI is InChI=1S/C38H45N7O4/c1-27-13-10-18-33(28(27)2)34-26-36(48-38(46)41-30-14-6-4-7-15-30)45(23-19-35-39-29(3)43-49-35)37(42-34)40-31-16-11-17-32(25-31)47-24-12-22-44-20-8-5-9-21-44/h4,6-7,10-11,13-18,25-26,36H,5,8-9,12,19-24H2,1-3H3,(H,40,42)(H,41,46). The number of anilines is 2. The van der Waals surface area contributed by atoms with Crippen LogP contribution in [0.4, 0.5) is 16.2 Å². The molecular formula is C38H45N7O4. The van der Waals surface area contributed by atoms with Crippen LogP contribution < -0.4 is 15.4 Å². The molecule has 0 aliphatic carbocycles. The van der Waals surface area contributed by atoms with Crippen LogP contribution in [0, 0.1) is 20.8 Å². The predicted molar refractivity (Wildman–Crippen MR) is 192 cm³/mol. The molecule has 2 aliphatic rings. The monoisotopic (exact) mass is 663 g/mol. The SMILES string of the molecule is Cc1noc(CCN2C(Nc3cccc(OCCCN4CCCCC4)c3)=NC(c3cccc(C)c3C)=CC2OC(=O)Nc2ccccc2)n1. The number of nitrogens with zero attached hydrogens (tertiary/aromatic N) is 5. The lowest BCUT2D eigenvalue weighted by Gasteiger charge is -2.35. The van der Waals surface area contributed by atoms with E-state index in [9.17, 15) is 4.79 Å². The van der Waals surface area contributed by atoms with Gasteiger partial charge in [-0.1, -0.05) is 54.0 Å². The highest BCUT2D eigenvalue weighted by Crippen LogP contribution is 2.29. The van der Waals surface area contributed by atoms with Crippen LogP contribution in [-0.2, 0) is 11.2 Å². The molecule has 1 amide bonds. The van der Waals surface area contributed by atoms with E-state index >= 15 is 0 Å². The van der Waals surface area contributed by atoms with E-state index in [1.165, 1.54) is 32.4 Å². The lowest BCUT2D eigenvalue weighted by atomic mass is 10.00. The van der Waals surface area contributed by atoms with E-state index < -0.39 is 12.3 Å². The maximum absolute atomic E-state index is 13.3. The van der Waals surface area contributed by atoms with Crippen LogP contribution in [0.5, 0.6) is 5.75 Å². The van der Waals surface area contributed by atoms with Crippen LogP contribution in [0.2, 0.25) is 0 Å². The number of hydrogen-bond acceptors (Lipinski definition) is 10. The summed E-state index contributed by atoms with van der Waals surface area (Å²) in [4.78, 5) is 27.2. The number of benzene rings is 3. The van der Waals surface area contributed by atoms with Gasteiger partial charge in [0.25, 0.3) is 0 Å². The van der Waals surface area contributed by atoms with Crippen molar-refractivity contribution >= 4 is 29.1 Å². The van der Waals surface area contributed by atoms with Crippen molar-refractivity contribution in [2.45, 2.75) is 59.1 Å².